The van der Waals surface area contributed by atoms with Crippen LogP contribution in [0, 0.1) is 0 Å². The molecule has 0 saturated carbocycles. The summed E-state index contributed by atoms with van der Waals surface area (Å²) in [6.07, 6.45) is 0.218. The average Bonchev–Trinajstić information content (AvgIpc) is 1.33. The largest absolute Gasteiger partial charge is 0.306 e. The van der Waals surface area contributed by atoms with Crippen molar-refractivity contribution in [3.05, 3.63) is 0 Å². The lowest BCUT2D eigenvalue weighted by molar-refractivity contribution is 0.229. The summed E-state index contributed by atoms with van der Waals surface area (Å²) in [4.78, 5) is 2.14. The van der Waals surface area contributed by atoms with E-state index in [0.29, 0.717) is 0 Å². The Balaban J connectivity index is 2.11. The van der Waals surface area contributed by atoms with Gasteiger partial charge in [0.05, 0.1) is 0 Å². The van der Waals surface area contributed by atoms with Crippen LogP contribution in [0.15, 0.2) is 0 Å². The number of hydrogen-bond acceptors (Lipinski definition) is 1. The molecule has 1 aliphatic heterocycles. The Kier molecular flexibility index (Phi) is 0.428. The zero-order valence-electron chi connectivity index (χ0n) is 4.44. The monoisotopic (exact) mass is 72.1 g/mol. The molecule has 0 aromatic heterocycles. The zero-order valence-corrected chi connectivity index (χ0v) is 3.44. The smallest absolute Gasteiger partial charge is 0.0293 e. The van der Waals surface area contributed by atoms with E-state index >= 15 is 0 Å². The molecule has 1 fully saturated rings. The normalized spacial score (nSPS) is 32.6. The summed E-state index contributed by atoms with van der Waals surface area (Å²) in [6.45, 7) is 1.94. The highest BCUT2D eigenvalue weighted by Crippen LogP contribution is 1.98. The second kappa shape index (κ2) is 0.977. The van der Waals surface area contributed by atoms with Gasteiger partial charge < -0.3 is 4.90 Å². The van der Waals surface area contributed by atoms with E-state index in [0.717, 1.165) is 13.1 Å². The summed E-state index contributed by atoms with van der Waals surface area (Å²) in [5, 5.41) is 0. The van der Waals surface area contributed by atoms with Crippen molar-refractivity contribution in [2.24, 2.45) is 0 Å². The molecule has 0 radical (unpaired) electrons. The predicted octanol–water partition coefficient (Wildman–Crippen LogP) is 0.322. The minimum Gasteiger partial charge on any atom is -0.306 e. The van der Waals surface area contributed by atoms with E-state index in [9.17, 15) is 0 Å². The Morgan fingerprint density at radius 3 is 2.40 bits per heavy atom. The molecule has 1 rings (SSSR count). The lowest BCUT2D eigenvalue weighted by atomic mass is 10.3. The predicted molar refractivity (Wildman–Crippen MR) is 22.1 cm³/mol. The van der Waals surface area contributed by atoms with Gasteiger partial charge in [-0.1, -0.05) is 0 Å². The van der Waals surface area contributed by atoms with Crippen molar-refractivity contribution in [1.29, 1.82) is 0 Å². The lowest BCUT2D eigenvalue weighted by Crippen LogP contribution is -2.32. The van der Waals surface area contributed by atoms with Gasteiger partial charge >= 0.3 is 0 Å². The molecule has 0 amide bonds. The highest BCUT2D eigenvalue weighted by Gasteiger charge is 2.04. The van der Waals surface area contributed by atoms with Crippen LogP contribution in [0.3, 0.4) is 0 Å². The summed E-state index contributed by atoms with van der Waals surface area (Å²) in [7, 11) is 2.03. The van der Waals surface area contributed by atoms with Crippen molar-refractivity contribution >= 4 is 0 Å². The van der Waals surface area contributed by atoms with Gasteiger partial charge in [-0.25, -0.2) is 0 Å². The molecule has 0 aromatic rings. The number of hydrogen-bond donors (Lipinski definition) is 0. The van der Waals surface area contributed by atoms with E-state index in [4.69, 9.17) is 1.37 Å². The summed E-state index contributed by atoms with van der Waals surface area (Å²) in [5.74, 6) is 0. The maximum Gasteiger partial charge on any atom is 0.0293 e. The minimum absolute atomic E-state index is 0.218. The lowest BCUT2D eigenvalue weighted by Gasteiger charge is -2.24. The van der Waals surface area contributed by atoms with E-state index in [1.165, 1.54) is 0 Å². The third-order valence-corrected chi connectivity index (χ3v) is 0.882. The van der Waals surface area contributed by atoms with Crippen LogP contribution in [0.1, 0.15) is 7.77 Å². The van der Waals surface area contributed by atoms with Crippen molar-refractivity contribution in [3.8, 4) is 0 Å². The van der Waals surface area contributed by atoms with E-state index in [1.807, 2.05) is 7.05 Å². The topological polar surface area (TPSA) is 3.24 Å². The molecule has 0 aromatic carbocycles. The molecular formula is C4H9N. The summed E-state index contributed by atoms with van der Waals surface area (Å²) in [5.41, 5.74) is 0. The molecule has 0 spiro atoms. The van der Waals surface area contributed by atoms with E-state index in [1.54, 1.807) is 0 Å². The van der Waals surface area contributed by atoms with Crippen molar-refractivity contribution in [1.82, 2.24) is 4.90 Å². The molecule has 1 nitrogen and oxygen atoms in total. The van der Waals surface area contributed by atoms with Gasteiger partial charge in [0.25, 0.3) is 0 Å². The maximum absolute atomic E-state index is 7.00. The van der Waals surface area contributed by atoms with E-state index < -0.39 is 0 Å². The molecule has 0 bridgehead atoms. The zero-order chi connectivity index (χ0) is 4.57. The Morgan fingerprint density at radius 1 is 1.80 bits per heavy atom. The summed E-state index contributed by atoms with van der Waals surface area (Å²) < 4.78 is 7.00. The first-order chi connectivity index (χ1) is 2.79. The second-order valence-electron chi connectivity index (χ2n) is 1.51. The van der Waals surface area contributed by atoms with Gasteiger partial charge in [0, 0.05) is 1.37 Å². The molecule has 5 heavy (non-hydrogen) atoms. The van der Waals surface area contributed by atoms with Crippen LogP contribution in [0.4, 0.5) is 0 Å². The molecule has 1 aliphatic rings. The van der Waals surface area contributed by atoms with Crippen molar-refractivity contribution in [2.75, 3.05) is 20.1 Å². The highest BCUT2D eigenvalue weighted by molar-refractivity contribution is 4.61. The van der Waals surface area contributed by atoms with Gasteiger partial charge in [-0.3, -0.25) is 0 Å². The fraction of sp³-hybridized carbons (Fsp3) is 1.00. The van der Waals surface area contributed by atoms with Crippen molar-refractivity contribution in [2.45, 2.75) is 6.40 Å². The van der Waals surface area contributed by atoms with Crippen LogP contribution < -0.4 is 0 Å². The Morgan fingerprint density at radius 2 is 2.40 bits per heavy atom. The highest BCUT2D eigenvalue weighted by atomic mass is 15.1. The van der Waals surface area contributed by atoms with Gasteiger partial charge in [0.15, 0.2) is 0 Å². The van der Waals surface area contributed by atoms with Crippen LogP contribution in [-0.4, -0.2) is 25.0 Å². The standard InChI is InChI=1S/C4H9N/c1-5-3-2-4-5/h2-4H2,1H3/i2D. The molecule has 0 N–H and O–H groups in total. The van der Waals surface area contributed by atoms with Crippen molar-refractivity contribution in [3.63, 3.8) is 0 Å². The van der Waals surface area contributed by atoms with Gasteiger partial charge in [-0.15, -0.1) is 0 Å². The van der Waals surface area contributed by atoms with Crippen LogP contribution in [0.5, 0.6) is 0 Å². The first kappa shape index (κ1) is 2.19. The third-order valence-electron chi connectivity index (χ3n) is 0.882. The molecular weight excluding hydrogens is 62.1 g/mol. The minimum atomic E-state index is 0.218. The van der Waals surface area contributed by atoms with Gasteiger partial charge in [-0.05, 0) is 26.5 Å². The summed E-state index contributed by atoms with van der Waals surface area (Å²) >= 11 is 0. The van der Waals surface area contributed by atoms with E-state index in [2.05, 4.69) is 4.90 Å². The molecule has 0 atom stereocenters. The number of likely N-dealkylation sites (tertiary alicyclic amines) is 1. The first-order valence-electron chi connectivity index (χ1n) is 2.47. The second-order valence-corrected chi connectivity index (χ2v) is 1.51. The molecule has 1 saturated heterocycles. The molecule has 1 heterocycles. The number of nitrogens with zero attached hydrogens (tertiary/aromatic N) is 1. The Labute approximate surface area is 34.0 Å². The van der Waals surface area contributed by atoms with Crippen LogP contribution in [0.2, 0.25) is 0 Å². The third kappa shape index (κ3) is 0.428. The first-order valence-corrected chi connectivity index (χ1v) is 1.90. The SMILES string of the molecule is [2H]C1CN(C)C1. The Hall–Kier alpha value is -0.0400. The fourth-order valence-corrected chi connectivity index (χ4v) is 0.387. The molecule has 0 unspecified atom stereocenters. The van der Waals surface area contributed by atoms with Crippen LogP contribution in [-0.2, 0) is 0 Å². The molecule has 1 heteroatoms. The fourth-order valence-electron chi connectivity index (χ4n) is 0.387. The molecule has 0 aliphatic carbocycles. The van der Waals surface area contributed by atoms with Crippen LogP contribution in [0.25, 0.3) is 0 Å². The molecule has 30 valence electrons. The quantitative estimate of drug-likeness (QED) is 0.398. The average molecular weight is 72.1 g/mol. The van der Waals surface area contributed by atoms with Crippen molar-refractivity contribution < 1.29 is 1.37 Å². The summed E-state index contributed by atoms with van der Waals surface area (Å²) in [6, 6.07) is 0. The van der Waals surface area contributed by atoms with E-state index in [-0.39, 0.29) is 6.40 Å². The van der Waals surface area contributed by atoms with Gasteiger partial charge in [0.2, 0.25) is 0 Å². The van der Waals surface area contributed by atoms with Gasteiger partial charge in [0.1, 0.15) is 0 Å². The number of rotatable bonds is 0. The van der Waals surface area contributed by atoms with Gasteiger partial charge in [-0.2, -0.15) is 0 Å². The maximum atomic E-state index is 7.00. The van der Waals surface area contributed by atoms with Crippen LogP contribution >= 0.6 is 0 Å². The Bertz CT molecular complexity index is 43.5.